The third-order valence-corrected chi connectivity index (χ3v) is 3.20. The number of allylic oxidation sites excluding steroid dienone is 2. The van der Waals surface area contributed by atoms with Crippen molar-refractivity contribution in [2.45, 2.75) is 47.0 Å². The minimum absolute atomic E-state index is 0.797. The Morgan fingerprint density at radius 2 is 1.73 bits per heavy atom. The van der Waals surface area contributed by atoms with Crippen molar-refractivity contribution in [2.24, 2.45) is 11.8 Å². The van der Waals surface area contributed by atoms with Crippen LogP contribution in [0.2, 0.25) is 0 Å². The quantitative estimate of drug-likeness (QED) is 0.528. The summed E-state index contributed by atoms with van der Waals surface area (Å²) < 4.78 is 0. The van der Waals surface area contributed by atoms with Crippen LogP contribution in [0.5, 0.6) is 0 Å². The molecule has 1 aliphatic rings. The molecule has 1 aliphatic carbocycles. The number of rotatable bonds is 2. The predicted octanol–water partition coefficient (Wildman–Crippen LogP) is 3.78. The van der Waals surface area contributed by atoms with Gasteiger partial charge in [-0.25, -0.2) is 0 Å². The van der Waals surface area contributed by atoms with Gasteiger partial charge in [0, 0.05) is 0 Å². The van der Waals surface area contributed by atoms with Gasteiger partial charge in [0.25, 0.3) is 0 Å². The standard InChI is InChI=1S/C11H20/c1-8(2)9(3)10(4)11-6-5-7-11/h8-9H,5-7H2,1-4H3. The second-order valence-corrected chi connectivity index (χ2v) is 4.17. The van der Waals surface area contributed by atoms with E-state index in [0.29, 0.717) is 0 Å². The highest BCUT2D eigenvalue weighted by Crippen LogP contribution is 2.33. The lowest BCUT2D eigenvalue weighted by atomic mass is 9.80. The summed E-state index contributed by atoms with van der Waals surface area (Å²) in [6, 6.07) is 0. The maximum absolute atomic E-state index is 2.35. The van der Waals surface area contributed by atoms with E-state index in [-0.39, 0.29) is 0 Å². The molecule has 64 valence electrons. The van der Waals surface area contributed by atoms with E-state index in [2.05, 4.69) is 27.7 Å². The van der Waals surface area contributed by atoms with Crippen molar-refractivity contribution in [3.8, 4) is 0 Å². The van der Waals surface area contributed by atoms with Crippen LogP contribution in [0.15, 0.2) is 11.1 Å². The fourth-order valence-corrected chi connectivity index (χ4v) is 1.57. The van der Waals surface area contributed by atoms with Gasteiger partial charge in [0.15, 0.2) is 0 Å². The van der Waals surface area contributed by atoms with Crippen molar-refractivity contribution in [2.75, 3.05) is 0 Å². The molecule has 0 heterocycles. The zero-order chi connectivity index (χ0) is 8.43. The summed E-state index contributed by atoms with van der Waals surface area (Å²) in [4.78, 5) is 0. The molecule has 1 rings (SSSR count). The van der Waals surface area contributed by atoms with Gasteiger partial charge in [0.05, 0.1) is 0 Å². The molecule has 1 unspecified atom stereocenters. The topological polar surface area (TPSA) is 0 Å². The van der Waals surface area contributed by atoms with E-state index in [4.69, 9.17) is 0 Å². The Morgan fingerprint density at radius 3 is 2.00 bits per heavy atom. The average Bonchev–Trinajstić information content (AvgIpc) is 1.82. The van der Waals surface area contributed by atoms with Gasteiger partial charge in [-0.05, 0) is 38.0 Å². The SMILES string of the molecule is CC(=C1CCC1)C(C)C(C)C. The molecule has 0 radical (unpaired) electrons. The average molecular weight is 152 g/mol. The Labute approximate surface area is 70.7 Å². The van der Waals surface area contributed by atoms with E-state index in [0.717, 1.165) is 11.8 Å². The minimum atomic E-state index is 0.797. The molecule has 0 aliphatic heterocycles. The van der Waals surface area contributed by atoms with Crippen molar-refractivity contribution in [3.63, 3.8) is 0 Å². The third-order valence-electron chi connectivity index (χ3n) is 3.20. The molecule has 0 aromatic rings. The maximum Gasteiger partial charge on any atom is -0.0209 e. The third kappa shape index (κ3) is 1.85. The Bertz CT molecular complexity index is 157. The van der Waals surface area contributed by atoms with Crippen molar-refractivity contribution >= 4 is 0 Å². The van der Waals surface area contributed by atoms with E-state index in [1.54, 1.807) is 11.1 Å². The van der Waals surface area contributed by atoms with Crippen molar-refractivity contribution < 1.29 is 0 Å². The van der Waals surface area contributed by atoms with Crippen LogP contribution in [-0.2, 0) is 0 Å². The summed E-state index contributed by atoms with van der Waals surface area (Å²) in [5, 5.41) is 0. The zero-order valence-corrected chi connectivity index (χ0v) is 8.28. The molecule has 0 aromatic carbocycles. The van der Waals surface area contributed by atoms with Gasteiger partial charge < -0.3 is 0 Å². The summed E-state index contributed by atoms with van der Waals surface area (Å²) in [6.45, 7) is 9.30. The molecule has 11 heavy (non-hydrogen) atoms. The van der Waals surface area contributed by atoms with E-state index >= 15 is 0 Å². The van der Waals surface area contributed by atoms with E-state index in [1.807, 2.05) is 0 Å². The first kappa shape index (κ1) is 8.83. The van der Waals surface area contributed by atoms with E-state index in [1.165, 1.54) is 19.3 Å². The van der Waals surface area contributed by atoms with Gasteiger partial charge in [0.1, 0.15) is 0 Å². The van der Waals surface area contributed by atoms with Gasteiger partial charge in [-0.3, -0.25) is 0 Å². The van der Waals surface area contributed by atoms with Crippen molar-refractivity contribution in [1.29, 1.82) is 0 Å². The highest BCUT2D eigenvalue weighted by Gasteiger charge is 2.17. The summed E-state index contributed by atoms with van der Waals surface area (Å²) >= 11 is 0. The molecule has 1 atom stereocenters. The summed E-state index contributed by atoms with van der Waals surface area (Å²) in [7, 11) is 0. The Morgan fingerprint density at radius 1 is 1.18 bits per heavy atom. The molecule has 0 amide bonds. The number of hydrogen-bond acceptors (Lipinski definition) is 0. The van der Waals surface area contributed by atoms with E-state index in [9.17, 15) is 0 Å². The van der Waals surface area contributed by atoms with Crippen LogP contribution < -0.4 is 0 Å². The first-order valence-electron chi connectivity index (χ1n) is 4.81. The van der Waals surface area contributed by atoms with Crippen molar-refractivity contribution in [1.82, 2.24) is 0 Å². The monoisotopic (exact) mass is 152 g/mol. The summed E-state index contributed by atoms with van der Waals surface area (Å²) in [6.07, 6.45) is 4.18. The largest absolute Gasteiger partial charge is 0.0710 e. The van der Waals surface area contributed by atoms with Crippen molar-refractivity contribution in [3.05, 3.63) is 11.1 Å². The lowest BCUT2D eigenvalue weighted by Crippen LogP contribution is -2.11. The van der Waals surface area contributed by atoms with Gasteiger partial charge in [-0.1, -0.05) is 31.9 Å². The molecule has 0 heteroatoms. The van der Waals surface area contributed by atoms with Crippen LogP contribution in [-0.4, -0.2) is 0 Å². The highest BCUT2D eigenvalue weighted by atomic mass is 14.2. The lowest BCUT2D eigenvalue weighted by molar-refractivity contribution is 0.464. The van der Waals surface area contributed by atoms with Crippen LogP contribution >= 0.6 is 0 Å². The molecule has 0 saturated heterocycles. The van der Waals surface area contributed by atoms with Gasteiger partial charge in [0.2, 0.25) is 0 Å². The van der Waals surface area contributed by atoms with Gasteiger partial charge >= 0.3 is 0 Å². The minimum Gasteiger partial charge on any atom is -0.0710 e. The normalized spacial score (nSPS) is 19.9. The molecule has 0 aromatic heterocycles. The summed E-state index contributed by atoms with van der Waals surface area (Å²) in [5.41, 5.74) is 3.41. The first-order chi connectivity index (χ1) is 5.13. The Kier molecular flexibility index (Phi) is 2.75. The second-order valence-electron chi connectivity index (χ2n) is 4.17. The van der Waals surface area contributed by atoms with Crippen LogP contribution in [0.1, 0.15) is 47.0 Å². The first-order valence-corrected chi connectivity index (χ1v) is 4.81. The fourth-order valence-electron chi connectivity index (χ4n) is 1.57. The molecule has 0 bridgehead atoms. The second kappa shape index (κ2) is 3.42. The van der Waals surface area contributed by atoms with Crippen LogP contribution in [0.25, 0.3) is 0 Å². The molecule has 0 spiro atoms. The van der Waals surface area contributed by atoms with Gasteiger partial charge in [-0.2, -0.15) is 0 Å². The lowest BCUT2D eigenvalue weighted by Gasteiger charge is -2.25. The summed E-state index contributed by atoms with van der Waals surface area (Å²) in [5.74, 6) is 1.60. The highest BCUT2D eigenvalue weighted by molar-refractivity contribution is 5.19. The molecule has 0 nitrogen and oxygen atoms in total. The number of hydrogen-bond donors (Lipinski definition) is 0. The van der Waals surface area contributed by atoms with Gasteiger partial charge in [-0.15, -0.1) is 0 Å². The Hall–Kier alpha value is -0.260. The Balaban J connectivity index is 2.58. The molecule has 1 saturated carbocycles. The predicted molar refractivity (Wildman–Crippen MR) is 50.6 cm³/mol. The molecular formula is C11H20. The zero-order valence-electron chi connectivity index (χ0n) is 8.28. The van der Waals surface area contributed by atoms with E-state index < -0.39 is 0 Å². The molecule has 0 N–H and O–H groups in total. The smallest absolute Gasteiger partial charge is 0.0209 e. The molecular weight excluding hydrogens is 132 g/mol. The fraction of sp³-hybridized carbons (Fsp3) is 0.818. The maximum atomic E-state index is 2.35. The van der Waals surface area contributed by atoms with Crippen LogP contribution in [0.4, 0.5) is 0 Å². The molecule has 1 fully saturated rings. The van der Waals surface area contributed by atoms with Crippen LogP contribution in [0.3, 0.4) is 0 Å². The van der Waals surface area contributed by atoms with Crippen LogP contribution in [0, 0.1) is 11.8 Å².